The molecule has 0 aliphatic carbocycles. The molecule has 0 aromatic heterocycles. The summed E-state index contributed by atoms with van der Waals surface area (Å²) in [5, 5.41) is 0. The summed E-state index contributed by atoms with van der Waals surface area (Å²) in [6, 6.07) is 19.2. The fraction of sp³-hybridized carbons (Fsp3) is 0.519. The van der Waals surface area contributed by atoms with Crippen molar-refractivity contribution in [3.05, 3.63) is 65.7 Å². The van der Waals surface area contributed by atoms with Crippen LogP contribution in [-0.4, -0.2) is 41.4 Å². The van der Waals surface area contributed by atoms with Gasteiger partial charge >= 0.3 is 0 Å². The fourth-order valence-electron chi connectivity index (χ4n) is 4.38. The molecule has 4 heteroatoms. The molecule has 31 heavy (non-hydrogen) atoms. The first-order chi connectivity index (χ1) is 15.2. The SMILES string of the molecule is CCCCCC(=O)N(Cc1ccc(OCC)cc1)C1CCN(Cc2ccccc2)CC1. The molecule has 1 aliphatic heterocycles. The Morgan fingerprint density at radius 1 is 0.968 bits per heavy atom. The Labute approximate surface area is 188 Å². The highest BCUT2D eigenvalue weighted by Crippen LogP contribution is 2.23. The Kier molecular flexibility index (Phi) is 9.41. The second-order valence-corrected chi connectivity index (χ2v) is 8.55. The number of carbonyl (C=O) groups excluding carboxylic acids is 1. The molecule has 0 spiro atoms. The van der Waals surface area contributed by atoms with Gasteiger partial charge in [-0.15, -0.1) is 0 Å². The van der Waals surface area contributed by atoms with Crippen LogP contribution in [0.25, 0.3) is 0 Å². The third-order valence-electron chi connectivity index (χ3n) is 6.15. The summed E-state index contributed by atoms with van der Waals surface area (Å²) in [6.45, 7) is 8.63. The molecule has 0 saturated carbocycles. The number of piperidine rings is 1. The number of rotatable bonds is 11. The minimum atomic E-state index is 0.309. The molecule has 3 rings (SSSR count). The molecule has 0 N–H and O–H groups in total. The maximum absolute atomic E-state index is 13.2. The van der Waals surface area contributed by atoms with Crippen LogP contribution in [0.4, 0.5) is 0 Å². The Bertz CT molecular complexity index is 768. The van der Waals surface area contributed by atoms with E-state index in [1.165, 1.54) is 11.1 Å². The van der Waals surface area contributed by atoms with E-state index in [0.717, 1.165) is 57.5 Å². The van der Waals surface area contributed by atoms with Gasteiger partial charge in [-0.3, -0.25) is 9.69 Å². The lowest BCUT2D eigenvalue weighted by molar-refractivity contribution is -0.135. The maximum atomic E-state index is 13.2. The van der Waals surface area contributed by atoms with Crippen LogP contribution in [-0.2, 0) is 17.9 Å². The lowest BCUT2D eigenvalue weighted by Crippen LogP contribution is -2.46. The molecule has 1 amide bonds. The number of benzene rings is 2. The minimum Gasteiger partial charge on any atom is -0.494 e. The number of unbranched alkanes of at least 4 members (excludes halogenated alkanes) is 2. The van der Waals surface area contributed by atoms with Crippen molar-refractivity contribution in [1.29, 1.82) is 0 Å². The van der Waals surface area contributed by atoms with Gasteiger partial charge in [0.05, 0.1) is 6.61 Å². The van der Waals surface area contributed by atoms with Crippen molar-refractivity contribution in [3.63, 3.8) is 0 Å². The number of hydrogen-bond donors (Lipinski definition) is 0. The molecule has 2 aromatic carbocycles. The molecule has 0 atom stereocenters. The van der Waals surface area contributed by atoms with Crippen LogP contribution in [0.1, 0.15) is 63.5 Å². The molecule has 0 radical (unpaired) electrons. The molecule has 0 unspecified atom stereocenters. The van der Waals surface area contributed by atoms with Gasteiger partial charge < -0.3 is 9.64 Å². The Hall–Kier alpha value is -2.33. The zero-order valence-corrected chi connectivity index (χ0v) is 19.3. The highest BCUT2D eigenvalue weighted by Gasteiger charge is 2.27. The number of amides is 1. The summed E-state index contributed by atoms with van der Waals surface area (Å²) in [5.41, 5.74) is 2.54. The van der Waals surface area contributed by atoms with Crippen LogP contribution in [0.5, 0.6) is 5.75 Å². The first-order valence-corrected chi connectivity index (χ1v) is 12.0. The number of hydrogen-bond acceptors (Lipinski definition) is 3. The van der Waals surface area contributed by atoms with Gasteiger partial charge in [-0.1, -0.05) is 62.2 Å². The van der Waals surface area contributed by atoms with Gasteiger partial charge in [0.1, 0.15) is 5.75 Å². The highest BCUT2D eigenvalue weighted by molar-refractivity contribution is 5.76. The van der Waals surface area contributed by atoms with Gasteiger partial charge in [0.25, 0.3) is 0 Å². The van der Waals surface area contributed by atoms with Gasteiger partial charge in [-0.05, 0) is 49.4 Å². The number of nitrogens with zero attached hydrogens (tertiary/aromatic N) is 2. The van der Waals surface area contributed by atoms with Crippen molar-refractivity contribution in [2.24, 2.45) is 0 Å². The van der Waals surface area contributed by atoms with E-state index in [4.69, 9.17) is 4.74 Å². The summed E-state index contributed by atoms with van der Waals surface area (Å²) in [7, 11) is 0. The molecular weight excluding hydrogens is 384 g/mol. The van der Waals surface area contributed by atoms with E-state index in [0.29, 0.717) is 31.5 Å². The van der Waals surface area contributed by atoms with E-state index >= 15 is 0 Å². The fourth-order valence-corrected chi connectivity index (χ4v) is 4.38. The van der Waals surface area contributed by atoms with Crippen molar-refractivity contribution >= 4 is 5.91 Å². The minimum absolute atomic E-state index is 0.309. The molecule has 0 bridgehead atoms. The third kappa shape index (κ3) is 7.39. The van der Waals surface area contributed by atoms with E-state index in [9.17, 15) is 4.79 Å². The lowest BCUT2D eigenvalue weighted by Gasteiger charge is -2.39. The average Bonchev–Trinajstić information content (AvgIpc) is 2.80. The summed E-state index contributed by atoms with van der Waals surface area (Å²) < 4.78 is 5.57. The summed E-state index contributed by atoms with van der Waals surface area (Å²) in [4.78, 5) is 17.8. The Morgan fingerprint density at radius 2 is 1.68 bits per heavy atom. The quantitative estimate of drug-likeness (QED) is 0.438. The van der Waals surface area contributed by atoms with Crippen LogP contribution in [0.2, 0.25) is 0 Å². The van der Waals surface area contributed by atoms with Crippen molar-refractivity contribution < 1.29 is 9.53 Å². The third-order valence-corrected chi connectivity index (χ3v) is 6.15. The highest BCUT2D eigenvalue weighted by atomic mass is 16.5. The van der Waals surface area contributed by atoms with E-state index in [1.807, 2.05) is 19.1 Å². The van der Waals surface area contributed by atoms with E-state index in [1.54, 1.807) is 0 Å². The first kappa shape index (κ1) is 23.3. The summed E-state index contributed by atoms with van der Waals surface area (Å²) in [5.74, 6) is 1.20. The number of ether oxygens (including phenoxy) is 1. The Balaban J connectivity index is 1.61. The summed E-state index contributed by atoms with van der Waals surface area (Å²) >= 11 is 0. The van der Waals surface area contributed by atoms with Crippen molar-refractivity contribution in [2.75, 3.05) is 19.7 Å². The monoisotopic (exact) mass is 422 g/mol. The molecule has 168 valence electrons. The first-order valence-electron chi connectivity index (χ1n) is 12.0. The second-order valence-electron chi connectivity index (χ2n) is 8.55. The van der Waals surface area contributed by atoms with Crippen LogP contribution in [0, 0.1) is 0 Å². The van der Waals surface area contributed by atoms with Crippen LogP contribution < -0.4 is 4.74 Å². The average molecular weight is 423 g/mol. The molecule has 1 heterocycles. The second kappa shape index (κ2) is 12.5. The lowest BCUT2D eigenvalue weighted by atomic mass is 10.0. The smallest absolute Gasteiger partial charge is 0.223 e. The van der Waals surface area contributed by atoms with E-state index < -0.39 is 0 Å². The molecule has 2 aromatic rings. The molecule has 1 fully saturated rings. The standard InChI is InChI=1S/C27H38N2O2/c1-3-5-7-12-27(30)29(22-24-13-15-26(16-14-24)31-4-2)25-17-19-28(20-18-25)21-23-10-8-6-9-11-23/h6,8-11,13-16,25H,3-5,7,12,17-22H2,1-2H3. The van der Waals surface area contributed by atoms with Gasteiger partial charge in [0.2, 0.25) is 5.91 Å². The Morgan fingerprint density at radius 3 is 2.32 bits per heavy atom. The largest absolute Gasteiger partial charge is 0.494 e. The van der Waals surface area contributed by atoms with E-state index in [-0.39, 0.29) is 0 Å². The van der Waals surface area contributed by atoms with Crippen molar-refractivity contribution in [1.82, 2.24) is 9.80 Å². The van der Waals surface area contributed by atoms with Gasteiger partial charge in [0.15, 0.2) is 0 Å². The van der Waals surface area contributed by atoms with Crippen molar-refractivity contribution in [2.45, 2.75) is 71.5 Å². The van der Waals surface area contributed by atoms with E-state index in [2.05, 4.69) is 59.2 Å². The van der Waals surface area contributed by atoms with Crippen molar-refractivity contribution in [3.8, 4) is 5.75 Å². The van der Waals surface area contributed by atoms with Crippen LogP contribution >= 0.6 is 0 Å². The maximum Gasteiger partial charge on any atom is 0.223 e. The van der Waals surface area contributed by atoms with Gasteiger partial charge in [0, 0.05) is 38.6 Å². The zero-order valence-electron chi connectivity index (χ0n) is 19.3. The normalized spacial score (nSPS) is 15.0. The number of likely N-dealkylation sites (tertiary alicyclic amines) is 1. The molecule has 1 saturated heterocycles. The van der Waals surface area contributed by atoms with Crippen LogP contribution in [0.3, 0.4) is 0 Å². The molecule has 4 nitrogen and oxygen atoms in total. The van der Waals surface area contributed by atoms with Crippen LogP contribution in [0.15, 0.2) is 54.6 Å². The van der Waals surface area contributed by atoms with Gasteiger partial charge in [-0.2, -0.15) is 0 Å². The predicted molar refractivity (Wildman–Crippen MR) is 127 cm³/mol. The zero-order chi connectivity index (χ0) is 21.9. The number of carbonyl (C=O) groups is 1. The molecule has 1 aliphatic rings. The predicted octanol–water partition coefficient (Wildman–Crippen LogP) is 5.66. The summed E-state index contributed by atoms with van der Waals surface area (Å²) in [6.07, 6.45) is 6.01. The topological polar surface area (TPSA) is 32.8 Å². The molecular formula is C27H38N2O2. The van der Waals surface area contributed by atoms with Gasteiger partial charge in [-0.25, -0.2) is 0 Å².